The molecule has 1 aliphatic rings. The normalized spacial score (nSPS) is 33.0. The van der Waals surface area contributed by atoms with Crippen LogP contribution in [-0.4, -0.2) is 67.9 Å². The van der Waals surface area contributed by atoms with Gasteiger partial charge in [-0.1, -0.05) is 6.07 Å². The predicted octanol–water partition coefficient (Wildman–Crippen LogP) is -2.01. The van der Waals surface area contributed by atoms with Crippen molar-refractivity contribution >= 4 is 0 Å². The van der Waals surface area contributed by atoms with Gasteiger partial charge in [0.05, 0.1) is 12.6 Å². The lowest BCUT2D eigenvalue weighted by Crippen LogP contribution is -2.63. The highest BCUT2D eigenvalue weighted by atomic mass is 16.6. The summed E-state index contributed by atoms with van der Waals surface area (Å²) < 4.78 is 5.00. The molecule has 1 aromatic carbocycles. The van der Waals surface area contributed by atoms with E-state index in [1.807, 2.05) is 0 Å². The highest BCUT2D eigenvalue weighted by Crippen LogP contribution is 2.24. The van der Waals surface area contributed by atoms with Crippen LogP contribution in [0.2, 0.25) is 0 Å². The smallest absolute Gasteiger partial charge is 0.173 e. The summed E-state index contributed by atoms with van der Waals surface area (Å²) in [5.74, 6) is -0.226. The maximum Gasteiger partial charge on any atom is 0.173 e. The summed E-state index contributed by atoms with van der Waals surface area (Å²) in [4.78, 5) is 0. The number of ether oxygens (including phenoxy) is 1. The van der Waals surface area contributed by atoms with Crippen LogP contribution in [0.1, 0.15) is 5.56 Å². The van der Waals surface area contributed by atoms with Crippen LogP contribution in [0.25, 0.3) is 0 Å². The summed E-state index contributed by atoms with van der Waals surface area (Å²) >= 11 is 0. The summed E-state index contributed by atoms with van der Waals surface area (Å²) in [6.07, 6.45) is -5.16. The van der Waals surface area contributed by atoms with Crippen LogP contribution in [0.15, 0.2) is 18.2 Å². The van der Waals surface area contributed by atoms with Gasteiger partial charge in [-0.05, 0) is 6.07 Å². The van der Waals surface area contributed by atoms with E-state index >= 15 is 0 Å². The Hall–Kier alpha value is -1.42. The molecule has 2 rings (SSSR count). The lowest BCUT2D eigenvalue weighted by molar-refractivity contribution is -0.254. The molecule has 5 atom stereocenters. The second-order valence-corrected chi connectivity index (χ2v) is 4.95. The molecule has 0 aromatic heterocycles. The van der Waals surface area contributed by atoms with E-state index in [1.165, 1.54) is 12.1 Å². The third-order valence-corrected chi connectivity index (χ3v) is 3.50. The molecule has 0 bridgehead atoms. The molecule has 1 aliphatic heterocycles. The molecule has 8 nitrogen and oxygen atoms in total. The Kier molecular flexibility index (Phi) is 4.99. The number of hydrogen-bond donors (Lipinski definition) is 7. The number of hydrogen-bond acceptors (Lipinski definition) is 8. The van der Waals surface area contributed by atoms with Gasteiger partial charge in [0.15, 0.2) is 6.29 Å². The minimum absolute atomic E-state index is 0.0742. The van der Waals surface area contributed by atoms with Crippen LogP contribution in [0.5, 0.6) is 11.5 Å². The molecule has 0 amide bonds. The van der Waals surface area contributed by atoms with Crippen LogP contribution in [0, 0.1) is 0 Å². The third kappa shape index (κ3) is 3.43. The van der Waals surface area contributed by atoms with E-state index in [0.29, 0.717) is 5.56 Å². The van der Waals surface area contributed by atoms with Crippen molar-refractivity contribution in [3.8, 4) is 11.5 Å². The van der Waals surface area contributed by atoms with Crippen LogP contribution >= 0.6 is 0 Å². The number of phenolic OH excluding ortho intramolecular Hbond substituents is 2. The van der Waals surface area contributed by atoms with Gasteiger partial charge in [0.25, 0.3) is 0 Å². The highest BCUT2D eigenvalue weighted by molar-refractivity contribution is 5.38. The van der Waals surface area contributed by atoms with Gasteiger partial charge in [-0.25, -0.2) is 0 Å². The van der Waals surface area contributed by atoms with E-state index in [9.17, 15) is 25.5 Å². The monoisotopic (exact) mass is 301 g/mol. The molecule has 1 saturated heterocycles. The molecule has 21 heavy (non-hydrogen) atoms. The van der Waals surface area contributed by atoms with Crippen LogP contribution in [-0.2, 0) is 11.3 Å². The zero-order chi connectivity index (χ0) is 15.6. The van der Waals surface area contributed by atoms with Crippen LogP contribution in [0.3, 0.4) is 0 Å². The van der Waals surface area contributed by atoms with E-state index in [4.69, 9.17) is 9.84 Å². The SMILES string of the molecule is OC[C@H]1OC(O)[C@H](NCc2ccc(O)cc2O)[C@@H](O)[C@@H]1O. The average Bonchev–Trinajstić information content (AvgIpc) is 2.44. The van der Waals surface area contributed by atoms with E-state index in [0.717, 1.165) is 6.07 Å². The third-order valence-electron chi connectivity index (χ3n) is 3.50. The molecule has 1 heterocycles. The van der Waals surface area contributed by atoms with Gasteiger partial charge in [0.2, 0.25) is 0 Å². The first kappa shape index (κ1) is 16.0. The van der Waals surface area contributed by atoms with Gasteiger partial charge in [-0.2, -0.15) is 0 Å². The number of benzene rings is 1. The number of aromatic hydroxyl groups is 2. The molecule has 0 radical (unpaired) electrons. The maximum absolute atomic E-state index is 9.93. The van der Waals surface area contributed by atoms with Crippen LogP contribution in [0.4, 0.5) is 0 Å². The van der Waals surface area contributed by atoms with Gasteiger partial charge in [-0.15, -0.1) is 0 Å². The molecule has 118 valence electrons. The molecular formula is C13H19NO7. The average molecular weight is 301 g/mol. The van der Waals surface area contributed by atoms with Gasteiger partial charge in [0, 0.05) is 18.2 Å². The molecule has 0 spiro atoms. The summed E-state index contributed by atoms with van der Waals surface area (Å²) in [5.41, 5.74) is 0.436. The van der Waals surface area contributed by atoms with Crippen molar-refractivity contribution in [2.24, 2.45) is 0 Å². The van der Waals surface area contributed by atoms with Crippen molar-refractivity contribution in [2.45, 2.75) is 37.2 Å². The molecule has 8 heteroatoms. The molecule has 1 fully saturated rings. The first-order chi connectivity index (χ1) is 9.93. The Bertz CT molecular complexity index is 484. The fourth-order valence-corrected chi connectivity index (χ4v) is 2.25. The number of rotatable bonds is 4. The van der Waals surface area contributed by atoms with E-state index in [1.54, 1.807) is 0 Å². The Morgan fingerprint density at radius 3 is 2.43 bits per heavy atom. The quantitative estimate of drug-likeness (QED) is 0.338. The predicted molar refractivity (Wildman–Crippen MR) is 70.4 cm³/mol. The molecule has 0 saturated carbocycles. The molecule has 1 unspecified atom stereocenters. The molecule has 0 aliphatic carbocycles. The Morgan fingerprint density at radius 1 is 1.10 bits per heavy atom. The van der Waals surface area contributed by atoms with Gasteiger partial charge < -0.3 is 40.7 Å². The van der Waals surface area contributed by atoms with Crippen molar-refractivity contribution in [2.75, 3.05) is 6.61 Å². The van der Waals surface area contributed by atoms with Crippen LogP contribution < -0.4 is 5.32 Å². The van der Waals surface area contributed by atoms with Crippen molar-refractivity contribution in [3.05, 3.63) is 23.8 Å². The second kappa shape index (κ2) is 6.56. The summed E-state index contributed by atoms with van der Waals surface area (Å²) in [5, 5.41) is 60.0. The van der Waals surface area contributed by atoms with Crippen molar-refractivity contribution < 1.29 is 35.4 Å². The Balaban J connectivity index is 2.02. The van der Waals surface area contributed by atoms with Crippen molar-refractivity contribution in [1.29, 1.82) is 0 Å². The van der Waals surface area contributed by atoms with Crippen molar-refractivity contribution in [1.82, 2.24) is 5.32 Å². The number of phenols is 2. The number of aliphatic hydroxyl groups excluding tert-OH is 4. The lowest BCUT2D eigenvalue weighted by atomic mass is 9.97. The fourth-order valence-electron chi connectivity index (χ4n) is 2.25. The van der Waals surface area contributed by atoms with Crippen molar-refractivity contribution in [3.63, 3.8) is 0 Å². The minimum atomic E-state index is -1.42. The zero-order valence-corrected chi connectivity index (χ0v) is 11.1. The Morgan fingerprint density at radius 2 is 1.81 bits per heavy atom. The highest BCUT2D eigenvalue weighted by Gasteiger charge is 2.43. The Labute approximate surface area is 120 Å². The number of nitrogens with one attached hydrogen (secondary N) is 1. The molecular weight excluding hydrogens is 282 g/mol. The molecule has 7 N–H and O–H groups in total. The largest absolute Gasteiger partial charge is 0.508 e. The number of aliphatic hydroxyl groups is 4. The zero-order valence-electron chi connectivity index (χ0n) is 11.1. The summed E-state index contributed by atoms with van der Waals surface area (Å²) in [7, 11) is 0. The first-order valence-corrected chi connectivity index (χ1v) is 6.48. The lowest BCUT2D eigenvalue weighted by Gasteiger charge is -2.40. The second-order valence-electron chi connectivity index (χ2n) is 4.95. The standard InChI is InChI=1S/C13H19NO7/c15-5-9-11(18)12(19)10(13(20)21-9)14-4-6-1-2-7(16)3-8(6)17/h1-3,9-20H,4-5H2/t9-,10-,11-,12-,13?/m1/s1. The molecule has 1 aromatic rings. The van der Waals surface area contributed by atoms with Gasteiger partial charge in [0.1, 0.15) is 29.8 Å². The fraction of sp³-hybridized carbons (Fsp3) is 0.538. The van der Waals surface area contributed by atoms with E-state index < -0.39 is 37.3 Å². The topological polar surface area (TPSA) is 143 Å². The van der Waals surface area contributed by atoms with Gasteiger partial charge >= 0.3 is 0 Å². The van der Waals surface area contributed by atoms with E-state index in [2.05, 4.69) is 5.32 Å². The first-order valence-electron chi connectivity index (χ1n) is 6.48. The minimum Gasteiger partial charge on any atom is -0.508 e. The summed E-state index contributed by atoms with van der Waals surface area (Å²) in [6, 6.07) is 3.04. The van der Waals surface area contributed by atoms with Gasteiger partial charge in [-0.3, -0.25) is 0 Å². The van der Waals surface area contributed by atoms with E-state index in [-0.39, 0.29) is 18.0 Å². The maximum atomic E-state index is 9.93. The summed E-state index contributed by atoms with van der Waals surface area (Å²) in [6.45, 7) is -0.453.